The summed E-state index contributed by atoms with van der Waals surface area (Å²) in [6.07, 6.45) is 8.31. The Bertz CT molecular complexity index is 470. The Balaban J connectivity index is 1.70. The summed E-state index contributed by atoms with van der Waals surface area (Å²) in [7, 11) is 3.85. The van der Waals surface area contributed by atoms with Crippen molar-refractivity contribution in [2.24, 2.45) is 5.92 Å². The van der Waals surface area contributed by atoms with Gasteiger partial charge in [-0.3, -0.25) is 0 Å². The molecule has 0 radical (unpaired) electrons. The van der Waals surface area contributed by atoms with E-state index in [-0.39, 0.29) is 0 Å². The van der Waals surface area contributed by atoms with Crippen LogP contribution in [-0.4, -0.2) is 25.2 Å². The fourth-order valence-corrected chi connectivity index (χ4v) is 5.45. The first-order valence-electron chi connectivity index (χ1n) is 8.27. The van der Waals surface area contributed by atoms with E-state index in [2.05, 4.69) is 42.3 Å². The molecule has 2 aliphatic rings. The maximum atomic E-state index is 5.42. The van der Waals surface area contributed by atoms with Gasteiger partial charge in [0.2, 0.25) is 0 Å². The zero-order chi connectivity index (χ0) is 14.7. The van der Waals surface area contributed by atoms with Crippen molar-refractivity contribution in [3.05, 3.63) is 29.3 Å². The van der Waals surface area contributed by atoms with E-state index in [0.717, 1.165) is 11.7 Å². The molecule has 0 amide bonds. The highest BCUT2D eigenvalue weighted by molar-refractivity contribution is 7.99. The molecule has 2 nitrogen and oxygen atoms in total. The second-order valence-electron chi connectivity index (χ2n) is 6.39. The van der Waals surface area contributed by atoms with E-state index in [4.69, 9.17) is 4.74 Å². The van der Waals surface area contributed by atoms with Gasteiger partial charge in [0.1, 0.15) is 5.75 Å². The molecule has 3 heteroatoms. The predicted octanol–water partition coefficient (Wildman–Crippen LogP) is 4.19. The van der Waals surface area contributed by atoms with Crippen LogP contribution < -0.4 is 10.1 Å². The lowest BCUT2D eigenvalue weighted by Gasteiger charge is -2.34. The maximum absolute atomic E-state index is 5.42. The summed E-state index contributed by atoms with van der Waals surface area (Å²) in [4.78, 5) is 0. The van der Waals surface area contributed by atoms with Gasteiger partial charge in [-0.15, -0.1) is 0 Å². The Labute approximate surface area is 133 Å². The summed E-state index contributed by atoms with van der Waals surface area (Å²) in [5.74, 6) is 3.30. The summed E-state index contributed by atoms with van der Waals surface area (Å²) < 4.78 is 5.42. The lowest BCUT2D eigenvalue weighted by molar-refractivity contribution is 0.411. The van der Waals surface area contributed by atoms with Crippen LogP contribution in [0, 0.1) is 5.92 Å². The molecule has 0 spiro atoms. The lowest BCUT2D eigenvalue weighted by Crippen LogP contribution is -2.32. The Kier molecular flexibility index (Phi) is 5.12. The SMILES string of the molecule is CNC1c2cc(OC)ccc2CCC1SCC1CCCC1. The van der Waals surface area contributed by atoms with E-state index in [1.807, 2.05) is 0 Å². The molecule has 0 bridgehead atoms. The molecule has 1 N–H and O–H groups in total. The van der Waals surface area contributed by atoms with Gasteiger partial charge < -0.3 is 10.1 Å². The van der Waals surface area contributed by atoms with Crippen molar-refractivity contribution < 1.29 is 4.74 Å². The second kappa shape index (κ2) is 7.06. The van der Waals surface area contributed by atoms with Crippen molar-refractivity contribution in [1.82, 2.24) is 5.32 Å². The molecule has 0 saturated heterocycles. The molecule has 2 aliphatic carbocycles. The number of aryl methyl sites for hydroxylation is 1. The number of rotatable bonds is 5. The molecule has 1 aromatic rings. The van der Waals surface area contributed by atoms with Gasteiger partial charge in [-0.05, 0) is 67.7 Å². The summed E-state index contributed by atoms with van der Waals surface area (Å²) >= 11 is 2.20. The number of thioether (sulfide) groups is 1. The van der Waals surface area contributed by atoms with Gasteiger partial charge in [0.25, 0.3) is 0 Å². The van der Waals surface area contributed by atoms with Gasteiger partial charge in [-0.25, -0.2) is 0 Å². The average Bonchev–Trinajstić information content (AvgIpc) is 3.05. The van der Waals surface area contributed by atoms with Crippen molar-refractivity contribution >= 4 is 11.8 Å². The summed E-state index contributed by atoms with van der Waals surface area (Å²) in [6.45, 7) is 0. The second-order valence-corrected chi connectivity index (χ2v) is 7.66. The smallest absolute Gasteiger partial charge is 0.119 e. The third-order valence-electron chi connectivity index (χ3n) is 5.09. The molecule has 21 heavy (non-hydrogen) atoms. The van der Waals surface area contributed by atoms with Gasteiger partial charge in [0, 0.05) is 11.3 Å². The Hall–Kier alpha value is -0.670. The summed E-state index contributed by atoms with van der Waals surface area (Å²) in [5.41, 5.74) is 2.94. The van der Waals surface area contributed by atoms with Crippen molar-refractivity contribution in [2.75, 3.05) is 19.9 Å². The minimum absolute atomic E-state index is 0.468. The number of fused-ring (bicyclic) bond motifs is 1. The fraction of sp³-hybridized carbons (Fsp3) is 0.667. The van der Waals surface area contributed by atoms with Crippen LogP contribution in [0.5, 0.6) is 5.75 Å². The van der Waals surface area contributed by atoms with Crippen LogP contribution in [0.3, 0.4) is 0 Å². The van der Waals surface area contributed by atoms with E-state index >= 15 is 0 Å². The van der Waals surface area contributed by atoms with Crippen molar-refractivity contribution in [3.8, 4) is 5.75 Å². The lowest BCUT2D eigenvalue weighted by atomic mass is 9.87. The van der Waals surface area contributed by atoms with E-state index in [9.17, 15) is 0 Å². The number of methoxy groups -OCH3 is 1. The van der Waals surface area contributed by atoms with Crippen LogP contribution in [0.4, 0.5) is 0 Å². The first-order chi connectivity index (χ1) is 10.3. The number of benzene rings is 1. The van der Waals surface area contributed by atoms with Crippen LogP contribution in [0.25, 0.3) is 0 Å². The Morgan fingerprint density at radius 2 is 2.05 bits per heavy atom. The minimum Gasteiger partial charge on any atom is -0.497 e. The molecule has 1 aromatic carbocycles. The summed E-state index contributed by atoms with van der Waals surface area (Å²) in [6, 6.07) is 7.04. The topological polar surface area (TPSA) is 21.3 Å². The van der Waals surface area contributed by atoms with E-state index in [0.29, 0.717) is 11.3 Å². The molecular formula is C18H27NOS. The van der Waals surface area contributed by atoms with Crippen molar-refractivity contribution in [2.45, 2.75) is 49.8 Å². The van der Waals surface area contributed by atoms with Gasteiger partial charge >= 0.3 is 0 Å². The van der Waals surface area contributed by atoms with Crippen LogP contribution in [0.1, 0.15) is 49.3 Å². The van der Waals surface area contributed by atoms with E-state index in [1.165, 1.54) is 55.4 Å². The normalized spacial score (nSPS) is 25.8. The first-order valence-corrected chi connectivity index (χ1v) is 9.32. The number of nitrogens with one attached hydrogen (secondary N) is 1. The van der Waals surface area contributed by atoms with Crippen LogP contribution in [-0.2, 0) is 6.42 Å². The molecule has 0 aromatic heterocycles. The minimum atomic E-state index is 0.468. The predicted molar refractivity (Wildman–Crippen MR) is 91.3 cm³/mol. The number of hydrogen-bond donors (Lipinski definition) is 1. The molecule has 2 atom stereocenters. The van der Waals surface area contributed by atoms with Crippen LogP contribution in [0.15, 0.2) is 18.2 Å². The first kappa shape index (κ1) is 15.2. The van der Waals surface area contributed by atoms with Gasteiger partial charge in [-0.1, -0.05) is 18.9 Å². The fourth-order valence-electron chi connectivity index (χ4n) is 3.84. The molecule has 1 saturated carbocycles. The molecule has 2 unspecified atom stereocenters. The molecule has 0 aliphatic heterocycles. The Morgan fingerprint density at radius 1 is 1.24 bits per heavy atom. The highest BCUT2D eigenvalue weighted by atomic mass is 32.2. The molecule has 0 heterocycles. The number of hydrogen-bond acceptors (Lipinski definition) is 3. The zero-order valence-electron chi connectivity index (χ0n) is 13.2. The highest BCUT2D eigenvalue weighted by Gasteiger charge is 2.30. The quantitative estimate of drug-likeness (QED) is 0.881. The zero-order valence-corrected chi connectivity index (χ0v) is 14.0. The van der Waals surface area contributed by atoms with Crippen LogP contribution >= 0.6 is 11.8 Å². The monoisotopic (exact) mass is 305 g/mol. The molecule has 3 rings (SSSR count). The third-order valence-corrected chi connectivity index (χ3v) is 6.69. The molecular weight excluding hydrogens is 278 g/mol. The van der Waals surface area contributed by atoms with Gasteiger partial charge in [0.15, 0.2) is 0 Å². The molecule has 116 valence electrons. The van der Waals surface area contributed by atoms with Crippen molar-refractivity contribution in [1.29, 1.82) is 0 Å². The third kappa shape index (κ3) is 3.40. The maximum Gasteiger partial charge on any atom is 0.119 e. The standard InChI is InChI=1S/C18H27NOS/c1-19-18-16-11-15(20-2)9-7-14(16)8-10-17(18)21-12-13-5-3-4-6-13/h7,9,11,13,17-19H,3-6,8,10,12H2,1-2H3. The van der Waals surface area contributed by atoms with E-state index < -0.39 is 0 Å². The van der Waals surface area contributed by atoms with Crippen molar-refractivity contribution in [3.63, 3.8) is 0 Å². The van der Waals surface area contributed by atoms with E-state index in [1.54, 1.807) is 7.11 Å². The number of ether oxygens (including phenoxy) is 1. The average molecular weight is 305 g/mol. The summed E-state index contributed by atoms with van der Waals surface area (Å²) in [5, 5.41) is 4.26. The van der Waals surface area contributed by atoms with Crippen LogP contribution in [0.2, 0.25) is 0 Å². The molecule has 1 fully saturated rings. The highest BCUT2D eigenvalue weighted by Crippen LogP contribution is 2.40. The largest absolute Gasteiger partial charge is 0.497 e. The Morgan fingerprint density at radius 3 is 2.76 bits per heavy atom. The van der Waals surface area contributed by atoms with Gasteiger partial charge in [0.05, 0.1) is 7.11 Å². The van der Waals surface area contributed by atoms with Gasteiger partial charge in [-0.2, -0.15) is 11.8 Å².